The molecule has 5 aliphatic heterocycles. The summed E-state index contributed by atoms with van der Waals surface area (Å²) in [6, 6.07) is -3.17. The van der Waals surface area contributed by atoms with Gasteiger partial charge in [0.25, 0.3) is 0 Å². The Labute approximate surface area is 351 Å². The van der Waals surface area contributed by atoms with E-state index < -0.39 is 198 Å². The summed E-state index contributed by atoms with van der Waals surface area (Å²) in [5.41, 5.74) is 0. The Hall–Kier alpha value is -2.02. The molecule has 0 aromatic carbocycles. The summed E-state index contributed by atoms with van der Waals surface area (Å²) in [6.45, 7) is -2.29. The summed E-state index contributed by atoms with van der Waals surface area (Å²) in [5.74, 6) is -1.48. The monoisotopic (exact) mass is 910 g/mol. The van der Waals surface area contributed by atoms with Crippen LogP contribution in [0.15, 0.2) is 0 Å². The molecule has 360 valence electrons. The molecule has 0 bridgehead atoms. The fourth-order valence-corrected chi connectivity index (χ4v) is 7.74. The Balaban J connectivity index is 1.40. The van der Waals surface area contributed by atoms with E-state index in [-0.39, 0.29) is 0 Å². The average Bonchev–Trinajstić information content (AvgIpc) is 3.23. The molecular formula is C34H58N2O26. The smallest absolute Gasteiger partial charge is 0.217 e. The first-order chi connectivity index (χ1) is 29.3. The highest BCUT2D eigenvalue weighted by atomic mass is 16.8. The second-order valence-electron chi connectivity index (χ2n) is 15.5. The third-order valence-electron chi connectivity index (χ3n) is 11.1. The number of carbonyl (C=O) groups is 2. The van der Waals surface area contributed by atoms with E-state index in [1.807, 2.05) is 0 Å². The number of nitrogens with one attached hydrogen (secondary N) is 2. The molecule has 2 amide bonds. The maximum Gasteiger partial charge on any atom is 0.217 e. The van der Waals surface area contributed by atoms with Crippen LogP contribution in [-0.4, -0.2) is 275 Å². The fraction of sp³-hybridized carbons (Fsp3) is 0.941. The zero-order valence-corrected chi connectivity index (χ0v) is 33.2. The second kappa shape index (κ2) is 22.0. The van der Waals surface area contributed by atoms with Crippen molar-refractivity contribution in [1.29, 1.82) is 0 Å². The lowest BCUT2D eigenvalue weighted by Crippen LogP contribution is -2.70. The molecule has 62 heavy (non-hydrogen) atoms. The van der Waals surface area contributed by atoms with Gasteiger partial charge in [0.15, 0.2) is 31.5 Å². The first kappa shape index (κ1) is 51.0. The highest BCUT2D eigenvalue weighted by molar-refractivity contribution is 5.73. The number of hydrogen-bond acceptors (Lipinski definition) is 26. The van der Waals surface area contributed by atoms with E-state index in [1.54, 1.807) is 0 Å². The normalized spacial score (nSPS) is 49.0. The summed E-state index contributed by atoms with van der Waals surface area (Å²) in [7, 11) is 0. The minimum atomic E-state index is -2.19. The van der Waals surface area contributed by atoms with Crippen LogP contribution in [0.4, 0.5) is 0 Å². The molecule has 5 rings (SSSR count). The molecule has 0 aliphatic carbocycles. The van der Waals surface area contributed by atoms with Gasteiger partial charge in [-0.3, -0.25) is 9.59 Å². The van der Waals surface area contributed by atoms with Gasteiger partial charge in [-0.1, -0.05) is 0 Å². The molecule has 28 heteroatoms. The van der Waals surface area contributed by atoms with Gasteiger partial charge in [-0.05, 0) is 0 Å². The third-order valence-corrected chi connectivity index (χ3v) is 11.1. The van der Waals surface area contributed by atoms with E-state index in [0.717, 1.165) is 13.8 Å². The molecule has 5 saturated heterocycles. The number of rotatable bonds is 15. The van der Waals surface area contributed by atoms with Gasteiger partial charge in [0.2, 0.25) is 11.8 Å². The molecule has 0 aromatic heterocycles. The summed E-state index contributed by atoms with van der Waals surface area (Å²) in [5, 5.41) is 163. The van der Waals surface area contributed by atoms with Crippen LogP contribution < -0.4 is 10.6 Å². The van der Waals surface area contributed by atoms with Crippen LogP contribution in [0.1, 0.15) is 13.8 Å². The third kappa shape index (κ3) is 11.0. The van der Waals surface area contributed by atoms with E-state index in [1.165, 1.54) is 0 Å². The molecule has 0 saturated carbocycles. The molecule has 5 aliphatic rings. The van der Waals surface area contributed by atoms with E-state index in [4.69, 9.17) is 42.6 Å². The maximum atomic E-state index is 12.4. The molecule has 25 atom stereocenters. The molecule has 0 unspecified atom stereocenters. The highest BCUT2D eigenvalue weighted by Crippen LogP contribution is 2.35. The van der Waals surface area contributed by atoms with Gasteiger partial charge < -0.3 is 130 Å². The number of carbonyl (C=O) groups excluding carboxylic acids is 2. The zero-order valence-electron chi connectivity index (χ0n) is 33.2. The van der Waals surface area contributed by atoms with Crippen molar-refractivity contribution in [2.24, 2.45) is 0 Å². The second-order valence-corrected chi connectivity index (χ2v) is 15.5. The largest absolute Gasteiger partial charge is 0.394 e. The van der Waals surface area contributed by atoms with Crippen LogP contribution in [0, 0.1) is 0 Å². The Morgan fingerprint density at radius 2 is 0.790 bits per heavy atom. The van der Waals surface area contributed by atoms with Gasteiger partial charge in [-0.25, -0.2) is 0 Å². The first-order valence-corrected chi connectivity index (χ1v) is 19.6. The minimum Gasteiger partial charge on any atom is -0.394 e. The van der Waals surface area contributed by atoms with Crippen molar-refractivity contribution in [3.8, 4) is 0 Å². The van der Waals surface area contributed by atoms with Gasteiger partial charge in [-0.15, -0.1) is 0 Å². The number of ether oxygens (including phenoxy) is 9. The number of aliphatic hydroxyl groups is 15. The predicted molar refractivity (Wildman–Crippen MR) is 190 cm³/mol. The molecule has 0 spiro atoms. The summed E-state index contributed by atoms with van der Waals surface area (Å²) in [4.78, 5) is 24.2. The van der Waals surface area contributed by atoms with Crippen molar-refractivity contribution in [3.63, 3.8) is 0 Å². The molecular weight excluding hydrogens is 852 g/mol. The molecule has 0 radical (unpaired) electrons. The molecule has 5 fully saturated rings. The van der Waals surface area contributed by atoms with Gasteiger partial charge in [0.1, 0.15) is 122 Å². The van der Waals surface area contributed by atoms with Crippen molar-refractivity contribution in [2.45, 2.75) is 167 Å². The summed E-state index contributed by atoms with van der Waals surface area (Å²) in [6.07, 6.45) is -42.1. The standard InChI is InChI=1S/C34H58N2O26/c1-8(41)35-15-19(45)27(12(5-39)55-30(15)53)60-31-16(36-9(2)42)20(46)28(13(6-40)58-31)61-34-26(52)23(49)29(62-33-25(51)22(48)18(44)11(4-38)57-33)14(59-34)7-54-32-24(50)21(47)17(43)10(3-37)56-32/h10-34,37-40,43-53H,3-7H2,1-2H3,(H,35,41)(H,36,42)/t10-,11-,12-,13-,14-,15-,16-,17-,18-,19-,20-,21+,22+,23-,24-,25+,26-,27-,28-,29-,30-,31+,32-,33-,34+/m1/s1. The van der Waals surface area contributed by atoms with Crippen molar-refractivity contribution in [1.82, 2.24) is 10.6 Å². The predicted octanol–water partition coefficient (Wildman–Crippen LogP) is -11.6. The number of aliphatic hydroxyl groups excluding tert-OH is 15. The maximum absolute atomic E-state index is 12.4. The zero-order chi connectivity index (χ0) is 45.9. The first-order valence-electron chi connectivity index (χ1n) is 19.6. The van der Waals surface area contributed by atoms with Crippen LogP contribution in [-0.2, 0) is 52.2 Å². The van der Waals surface area contributed by atoms with Crippen LogP contribution in [0.25, 0.3) is 0 Å². The molecule has 28 nitrogen and oxygen atoms in total. The van der Waals surface area contributed by atoms with E-state index in [2.05, 4.69) is 10.6 Å². The highest BCUT2D eigenvalue weighted by Gasteiger charge is 2.56. The van der Waals surface area contributed by atoms with E-state index in [0.29, 0.717) is 0 Å². The minimum absolute atomic E-state index is 0.689. The number of amides is 2. The lowest BCUT2D eigenvalue weighted by molar-refractivity contribution is -0.383. The van der Waals surface area contributed by atoms with E-state index in [9.17, 15) is 86.2 Å². The fourth-order valence-electron chi connectivity index (χ4n) is 7.74. The molecule has 0 aromatic rings. The molecule has 5 heterocycles. The van der Waals surface area contributed by atoms with Crippen molar-refractivity contribution >= 4 is 11.8 Å². The summed E-state index contributed by atoms with van der Waals surface area (Å²) < 4.78 is 50.9. The van der Waals surface area contributed by atoms with E-state index >= 15 is 0 Å². The number of hydrogen-bond donors (Lipinski definition) is 17. The van der Waals surface area contributed by atoms with Crippen LogP contribution >= 0.6 is 0 Å². The Bertz CT molecular complexity index is 1440. The van der Waals surface area contributed by atoms with Gasteiger partial charge >= 0.3 is 0 Å². The Kier molecular flexibility index (Phi) is 18.1. The van der Waals surface area contributed by atoms with Crippen LogP contribution in [0.2, 0.25) is 0 Å². The van der Waals surface area contributed by atoms with Gasteiger partial charge in [0.05, 0.1) is 33.0 Å². The van der Waals surface area contributed by atoms with Crippen LogP contribution in [0.3, 0.4) is 0 Å². The quantitative estimate of drug-likeness (QED) is 0.0725. The SMILES string of the molecule is CC(=O)N[C@@H]1[C@@H](O)[C@H](O[C@@H]2O[C@H](CO)[C@@H](O[C@@H]3O[C@H](CO[C@@H]4O[C@H](CO)[C@@H](O)[C@H](O)[C@H]4O)[C@@H](O[C@H]4O[C@H](CO)[C@@H](O)[C@H](O)[C@@H]4O)[C@H](O)[C@H]3O)[C@H](O)[C@H]2NC(C)=O)[C@@H](CO)O[C@H]1O. The van der Waals surface area contributed by atoms with Crippen LogP contribution in [0.5, 0.6) is 0 Å². The lowest BCUT2D eigenvalue weighted by Gasteiger charge is -2.50. The van der Waals surface area contributed by atoms with Gasteiger partial charge in [0, 0.05) is 13.8 Å². The van der Waals surface area contributed by atoms with Crippen molar-refractivity contribution in [2.75, 3.05) is 33.0 Å². The lowest BCUT2D eigenvalue weighted by atomic mass is 9.94. The van der Waals surface area contributed by atoms with Crippen molar-refractivity contribution in [3.05, 3.63) is 0 Å². The van der Waals surface area contributed by atoms with Gasteiger partial charge in [-0.2, -0.15) is 0 Å². The summed E-state index contributed by atoms with van der Waals surface area (Å²) >= 11 is 0. The Morgan fingerprint density at radius 1 is 0.419 bits per heavy atom. The Morgan fingerprint density at radius 3 is 1.29 bits per heavy atom. The van der Waals surface area contributed by atoms with Crippen molar-refractivity contribution < 1.29 is 129 Å². The topological polar surface area (TPSA) is 445 Å². The molecule has 17 N–H and O–H groups in total. The average molecular weight is 911 g/mol.